The van der Waals surface area contributed by atoms with Gasteiger partial charge in [0.2, 0.25) is 5.91 Å². The Morgan fingerprint density at radius 1 is 1.08 bits per heavy atom. The molecule has 0 aliphatic carbocycles. The Kier molecular flexibility index (Phi) is 5.08. The van der Waals surface area contributed by atoms with Gasteiger partial charge >= 0.3 is 0 Å². The van der Waals surface area contributed by atoms with E-state index >= 15 is 0 Å². The van der Waals surface area contributed by atoms with Gasteiger partial charge in [-0.2, -0.15) is 0 Å². The van der Waals surface area contributed by atoms with Crippen LogP contribution in [0.25, 0.3) is 11.1 Å². The second-order valence-electron chi connectivity index (χ2n) is 6.36. The molecule has 2 aromatic carbocycles. The number of carbonyl (C=O) groups excluding carboxylic acids is 1. The van der Waals surface area contributed by atoms with Gasteiger partial charge in [0.1, 0.15) is 0 Å². The van der Waals surface area contributed by atoms with Gasteiger partial charge in [0, 0.05) is 18.8 Å². The molecule has 0 radical (unpaired) electrons. The normalized spacial score (nSPS) is 18.7. The number of amides is 1. The van der Waals surface area contributed by atoms with E-state index in [4.69, 9.17) is 0 Å². The van der Waals surface area contributed by atoms with Gasteiger partial charge in [0.25, 0.3) is 0 Å². The van der Waals surface area contributed by atoms with Crippen LogP contribution < -0.4 is 5.32 Å². The number of benzene rings is 2. The van der Waals surface area contributed by atoms with E-state index in [1.807, 2.05) is 42.5 Å². The topological polar surface area (TPSA) is 66.5 Å². The van der Waals surface area contributed by atoms with Crippen LogP contribution in [0.5, 0.6) is 0 Å². The van der Waals surface area contributed by atoms with Gasteiger partial charge in [-0.1, -0.05) is 42.5 Å². The Bertz CT molecular complexity index is 833. The predicted molar refractivity (Wildman–Crippen MR) is 100 cm³/mol. The molecule has 0 aromatic heterocycles. The maximum Gasteiger partial charge on any atom is 0.241 e. The van der Waals surface area contributed by atoms with E-state index in [2.05, 4.69) is 17.4 Å². The highest BCUT2D eigenvalue weighted by atomic mass is 32.2. The van der Waals surface area contributed by atoms with E-state index in [-0.39, 0.29) is 30.0 Å². The summed E-state index contributed by atoms with van der Waals surface area (Å²) in [5.41, 5.74) is 3.12. The smallest absolute Gasteiger partial charge is 0.241 e. The maximum atomic E-state index is 12.3. The zero-order chi connectivity index (χ0) is 17.9. The van der Waals surface area contributed by atoms with Crippen molar-refractivity contribution in [3.8, 4) is 11.1 Å². The second kappa shape index (κ2) is 7.27. The predicted octanol–water partition coefficient (Wildman–Crippen LogP) is 2.41. The van der Waals surface area contributed by atoms with Gasteiger partial charge in [-0.15, -0.1) is 0 Å². The average Bonchev–Trinajstić information content (AvgIpc) is 3.00. The van der Waals surface area contributed by atoms with Crippen molar-refractivity contribution >= 4 is 21.4 Å². The van der Waals surface area contributed by atoms with Crippen molar-refractivity contribution in [3.63, 3.8) is 0 Å². The van der Waals surface area contributed by atoms with Crippen molar-refractivity contribution < 1.29 is 13.2 Å². The average molecular weight is 358 g/mol. The van der Waals surface area contributed by atoms with Crippen LogP contribution >= 0.6 is 0 Å². The van der Waals surface area contributed by atoms with E-state index < -0.39 is 9.84 Å². The molecule has 5 nitrogen and oxygen atoms in total. The molecule has 25 heavy (non-hydrogen) atoms. The highest BCUT2D eigenvalue weighted by Crippen LogP contribution is 2.21. The van der Waals surface area contributed by atoms with Gasteiger partial charge in [0.05, 0.1) is 18.1 Å². The lowest BCUT2D eigenvalue weighted by Crippen LogP contribution is -2.40. The van der Waals surface area contributed by atoms with E-state index in [0.717, 1.165) is 16.8 Å². The number of nitrogens with zero attached hydrogens (tertiary/aromatic N) is 1. The highest BCUT2D eigenvalue weighted by molar-refractivity contribution is 7.91. The summed E-state index contributed by atoms with van der Waals surface area (Å²) in [5, 5.41) is 3.11. The first-order valence-corrected chi connectivity index (χ1v) is 10.1. The van der Waals surface area contributed by atoms with E-state index in [9.17, 15) is 13.2 Å². The third-order valence-corrected chi connectivity index (χ3v) is 6.34. The number of nitrogens with one attached hydrogen (secondary N) is 1. The summed E-state index contributed by atoms with van der Waals surface area (Å²) in [6, 6.07) is 17.8. The molecule has 2 aromatic rings. The van der Waals surface area contributed by atoms with Crippen LogP contribution in [0.15, 0.2) is 54.6 Å². The lowest BCUT2D eigenvalue weighted by atomic mass is 10.1. The van der Waals surface area contributed by atoms with E-state index in [1.54, 1.807) is 11.9 Å². The van der Waals surface area contributed by atoms with Crippen molar-refractivity contribution in [1.82, 2.24) is 4.90 Å². The fourth-order valence-corrected chi connectivity index (χ4v) is 4.77. The molecule has 1 amide bonds. The van der Waals surface area contributed by atoms with Crippen molar-refractivity contribution in [2.45, 2.75) is 12.5 Å². The number of carbonyl (C=O) groups is 1. The Hall–Kier alpha value is -2.34. The molecule has 1 atom stereocenters. The van der Waals surface area contributed by atoms with E-state index in [0.29, 0.717) is 6.42 Å². The number of anilines is 1. The largest absolute Gasteiger partial charge is 0.376 e. The minimum atomic E-state index is -2.99. The summed E-state index contributed by atoms with van der Waals surface area (Å²) in [4.78, 5) is 13.8. The number of hydrogen-bond acceptors (Lipinski definition) is 4. The molecule has 1 saturated heterocycles. The zero-order valence-corrected chi connectivity index (χ0v) is 15.0. The van der Waals surface area contributed by atoms with Crippen molar-refractivity contribution in [2.75, 3.05) is 30.4 Å². The molecule has 132 valence electrons. The van der Waals surface area contributed by atoms with Crippen LogP contribution in [0.4, 0.5) is 5.69 Å². The molecule has 1 fully saturated rings. The van der Waals surface area contributed by atoms with E-state index in [1.165, 1.54) is 0 Å². The summed E-state index contributed by atoms with van der Waals surface area (Å²) in [5.74, 6) is 0.138. The summed E-state index contributed by atoms with van der Waals surface area (Å²) in [6.45, 7) is 0.151. The van der Waals surface area contributed by atoms with Crippen LogP contribution in [-0.4, -0.2) is 50.4 Å². The Labute approximate surface area is 148 Å². The molecule has 6 heteroatoms. The second-order valence-corrected chi connectivity index (χ2v) is 8.59. The Morgan fingerprint density at radius 3 is 2.32 bits per heavy atom. The SMILES string of the molecule is CN(C(=O)CNc1ccc(-c2ccccc2)cc1)[C@H]1CCS(=O)(=O)C1. The molecular formula is C19H22N2O3S. The number of hydrogen-bond donors (Lipinski definition) is 1. The quantitative estimate of drug-likeness (QED) is 0.891. The Balaban J connectivity index is 1.55. The lowest BCUT2D eigenvalue weighted by Gasteiger charge is -2.23. The van der Waals surface area contributed by atoms with Crippen molar-refractivity contribution in [3.05, 3.63) is 54.6 Å². The number of likely N-dealkylation sites (N-methyl/N-ethyl adjacent to an activating group) is 1. The molecule has 3 rings (SSSR count). The summed E-state index contributed by atoms with van der Waals surface area (Å²) in [7, 11) is -1.31. The highest BCUT2D eigenvalue weighted by Gasteiger charge is 2.32. The minimum absolute atomic E-state index is 0.0704. The first-order chi connectivity index (χ1) is 11.9. The number of rotatable bonds is 5. The van der Waals surface area contributed by atoms with Crippen LogP contribution in [0.1, 0.15) is 6.42 Å². The summed E-state index contributed by atoms with van der Waals surface area (Å²) >= 11 is 0. The fraction of sp³-hybridized carbons (Fsp3) is 0.316. The first kappa shape index (κ1) is 17.5. The Morgan fingerprint density at radius 2 is 1.72 bits per heavy atom. The molecule has 0 unspecified atom stereocenters. The monoisotopic (exact) mass is 358 g/mol. The van der Waals surface area contributed by atoms with Crippen LogP contribution in [-0.2, 0) is 14.6 Å². The molecule has 1 N–H and O–H groups in total. The number of sulfone groups is 1. The third kappa shape index (κ3) is 4.39. The van der Waals surface area contributed by atoms with Crippen molar-refractivity contribution in [1.29, 1.82) is 0 Å². The molecular weight excluding hydrogens is 336 g/mol. The lowest BCUT2D eigenvalue weighted by molar-refractivity contribution is -0.129. The molecule has 0 bridgehead atoms. The van der Waals surface area contributed by atoms with Crippen LogP contribution in [0.3, 0.4) is 0 Å². The van der Waals surface area contributed by atoms with Gasteiger partial charge < -0.3 is 10.2 Å². The minimum Gasteiger partial charge on any atom is -0.376 e. The van der Waals surface area contributed by atoms with Crippen LogP contribution in [0, 0.1) is 0 Å². The molecule has 1 aliphatic rings. The fourth-order valence-electron chi connectivity index (χ4n) is 3.00. The van der Waals surface area contributed by atoms with Gasteiger partial charge in [-0.05, 0) is 29.7 Å². The molecule has 1 heterocycles. The summed E-state index contributed by atoms with van der Waals surface area (Å²) < 4.78 is 23.1. The van der Waals surface area contributed by atoms with Gasteiger partial charge in [-0.25, -0.2) is 8.42 Å². The molecule has 0 saturated carbocycles. The standard InChI is InChI=1S/C19H22N2O3S/c1-21(18-11-12-25(23,24)14-18)19(22)13-20-17-9-7-16(8-10-17)15-5-3-2-4-6-15/h2-10,18,20H,11-14H2,1H3/t18-/m0/s1. The maximum absolute atomic E-state index is 12.3. The third-order valence-electron chi connectivity index (χ3n) is 4.59. The van der Waals surface area contributed by atoms with Crippen molar-refractivity contribution in [2.24, 2.45) is 0 Å². The zero-order valence-electron chi connectivity index (χ0n) is 14.2. The first-order valence-electron chi connectivity index (χ1n) is 8.30. The molecule has 1 aliphatic heterocycles. The van der Waals surface area contributed by atoms with Crippen LogP contribution in [0.2, 0.25) is 0 Å². The molecule has 0 spiro atoms. The summed E-state index contributed by atoms with van der Waals surface area (Å²) in [6.07, 6.45) is 0.524. The van der Waals surface area contributed by atoms with Gasteiger partial charge in [-0.3, -0.25) is 4.79 Å². The van der Waals surface area contributed by atoms with Gasteiger partial charge in [0.15, 0.2) is 9.84 Å².